The van der Waals surface area contributed by atoms with Crippen LogP contribution in [0.25, 0.3) is 0 Å². The SMILES string of the molecule is CC/C=C\C/C=C\C/C=C\C/C=C\C/C=C\CCCCCCCCCCCCCCCC(=O)OCC(COP(=O)(O)OCC(O)COP(=O)(O)OCC(O)COC(=O)CCCCCCCCCCCCCCCCCCCCC/C=C\C/C=C\C/C=C\C/C=C\CCCCC)OC(=O)CCCCCCCCCCCCCCC. The molecule has 0 heterocycles. The molecule has 0 bridgehead atoms. The molecule has 113 heavy (non-hydrogen) atoms. The summed E-state index contributed by atoms with van der Waals surface area (Å²) in [5.41, 5.74) is 0. The highest BCUT2D eigenvalue weighted by Gasteiger charge is 2.29. The molecule has 0 saturated heterocycles. The van der Waals surface area contributed by atoms with Gasteiger partial charge in [-0.1, -0.05) is 400 Å². The lowest BCUT2D eigenvalue weighted by Crippen LogP contribution is -2.30. The van der Waals surface area contributed by atoms with E-state index < -0.39 is 91.5 Å². The van der Waals surface area contributed by atoms with Crippen molar-refractivity contribution in [2.24, 2.45) is 0 Å². The zero-order valence-corrected chi connectivity index (χ0v) is 74.1. The van der Waals surface area contributed by atoms with Crippen molar-refractivity contribution in [2.45, 2.75) is 437 Å². The minimum atomic E-state index is -4.93. The molecule has 0 aromatic carbocycles. The molecule has 0 aromatic heterocycles. The van der Waals surface area contributed by atoms with Gasteiger partial charge in [-0.15, -0.1) is 0 Å². The zero-order valence-electron chi connectivity index (χ0n) is 72.3. The number of esters is 3. The van der Waals surface area contributed by atoms with Crippen molar-refractivity contribution in [3.63, 3.8) is 0 Å². The summed E-state index contributed by atoms with van der Waals surface area (Å²) in [5.74, 6) is -1.55. The van der Waals surface area contributed by atoms with E-state index in [4.69, 9.17) is 32.3 Å². The van der Waals surface area contributed by atoms with Gasteiger partial charge in [-0.05, 0) is 109 Å². The van der Waals surface area contributed by atoms with Crippen molar-refractivity contribution in [2.75, 3.05) is 39.6 Å². The van der Waals surface area contributed by atoms with E-state index in [1.54, 1.807) is 0 Å². The number of aliphatic hydroxyl groups excluding tert-OH is 2. The number of rotatable bonds is 88. The van der Waals surface area contributed by atoms with Crippen LogP contribution in [0.3, 0.4) is 0 Å². The first-order chi connectivity index (χ1) is 55.2. The van der Waals surface area contributed by atoms with Gasteiger partial charge in [0.1, 0.15) is 25.4 Å². The third-order valence-electron chi connectivity index (χ3n) is 20.0. The van der Waals surface area contributed by atoms with Crippen LogP contribution >= 0.6 is 15.6 Å². The average molecular weight is 1630 g/mol. The van der Waals surface area contributed by atoms with Crippen LogP contribution in [0.15, 0.2) is 109 Å². The van der Waals surface area contributed by atoms with Crippen LogP contribution in [-0.4, -0.2) is 95.9 Å². The first kappa shape index (κ1) is 109. The molecule has 5 atom stereocenters. The summed E-state index contributed by atoms with van der Waals surface area (Å²) >= 11 is 0. The van der Waals surface area contributed by atoms with Crippen molar-refractivity contribution in [3.05, 3.63) is 109 Å². The van der Waals surface area contributed by atoms with Gasteiger partial charge in [0.05, 0.1) is 26.4 Å². The second-order valence-electron chi connectivity index (χ2n) is 31.1. The van der Waals surface area contributed by atoms with Gasteiger partial charge in [0.15, 0.2) is 6.10 Å². The van der Waals surface area contributed by atoms with Crippen molar-refractivity contribution in [1.29, 1.82) is 0 Å². The lowest BCUT2D eigenvalue weighted by molar-refractivity contribution is -0.161. The highest BCUT2D eigenvalue weighted by Crippen LogP contribution is 2.45. The van der Waals surface area contributed by atoms with E-state index in [9.17, 15) is 43.5 Å². The molecular formula is C95H170O16P2. The van der Waals surface area contributed by atoms with E-state index in [0.29, 0.717) is 19.3 Å². The molecule has 0 amide bonds. The summed E-state index contributed by atoms with van der Waals surface area (Å²) in [7, 11) is -9.79. The lowest BCUT2D eigenvalue weighted by Gasteiger charge is -2.21. The number of hydrogen-bond donors (Lipinski definition) is 4. The van der Waals surface area contributed by atoms with Crippen LogP contribution in [0.1, 0.15) is 419 Å². The Morgan fingerprint density at radius 2 is 0.469 bits per heavy atom. The third kappa shape index (κ3) is 88.9. The summed E-state index contributed by atoms with van der Waals surface area (Å²) in [6.07, 6.45) is 106. The molecule has 4 N–H and O–H groups in total. The Balaban J connectivity index is 4.36. The van der Waals surface area contributed by atoms with Gasteiger partial charge in [-0.2, -0.15) is 0 Å². The Morgan fingerprint density at radius 1 is 0.257 bits per heavy atom. The van der Waals surface area contributed by atoms with Crippen LogP contribution in [-0.2, 0) is 55.8 Å². The quantitative estimate of drug-likeness (QED) is 0.0146. The minimum Gasteiger partial charge on any atom is -0.463 e. The maximum absolute atomic E-state index is 13.0. The van der Waals surface area contributed by atoms with Crippen LogP contribution in [0, 0.1) is 0 Å². The van der Waals surface area contributed by atoms with Gasteiger partial charge in [0.2, 0.25) is 0 Å². The molecule has 0 rings (SSSR count). The Hall–Kier alpha value is -3.79. The van der Waals surface area contributed by atoms with Gasteiger partial charge in [-0.25, -0.2) is 9.13 Å². The summed E-state index contributed by atoms with van der Waals surface area (Å²) in [4.78, 5) is 58.8. The monoisotopic (exact) mass is 1630 g/mol. The van der Waals surface area contributed by atoms with Gasteiger partial charge in [-0.3, -0.25) is 32.5 Å². The number of carbonyl (C=O) groups excluding carboxylic acids is 3. The average Bonchev–Trinajstić information content (AvgIpc) is 0.899. The van der Waals surface area contributed by atoms with E-state index in [1.165, 1.54) is 238 Å². The number of phosphoric acid groups is 2. The van der Waals surface area contributed by atoms with Gasteiger partial charge in [0.25, 0.3) is 0 Å². The fraction of sp³-hybridized carbons (Fsp3) is 0.779. The second-order valence-corrected chi connectivity index (χ2v) is 34.0. The van der Waals surface area contributed by atoms with E-state index in [0.717, 1.165) is 122 Å². The predicted octanol–water partition coefficient (Wildman–Crippen LogP) is 28.2. The van der Waals surface area contributed by atoms with Crippen molar-refractivity contribution in [1.82, 2.24) is 0 Å². The molecule has 5 unspecified atom stereocenters. The van der Waals surface area contributed by atoms with Crippen molar-refractivity contribution >= 4 is 33.6 Å². The molecule has 0 fully saturated rings. The maximum Gasteiger partial charge on any atom is 0.472 e. The first-order valence-electron chi connectivity index (χ1n) is 46.2. The Labute approximate surface area is 691 Å². The predicted molar refractivity (Wildman–Crippen MR) is 473 cm³/mol. The number of unbranched alkanes of at least 4 members (excludes halogenated alkanes) is 47. The number of aliphatic hydroxyl groups is 2. The number of phosphoric ester groups is 2. The second kappa shape index (κ2) is 87.5. The summed E-state index contributed by atoms with van der Waals surface area (Å²) < 4.78 is 61.4. The summed E-state index contributed by atoms with van der Waals surface area (Å²) in [6.45, 7) is 2.61. The highest BCUT2D eigenvalue weighted by molar-refractivity contribution is 7.47. The Bertz CT molecular complexity index is 2490. The van der Waals surface area contributed by atoms with E-state index in [-0.39, 0.29) is 19.3 Å². The highest BCUT2D eigenvalue weighted by atomic mass is 31.2. The minimum absolute atomic E-state index is 0.109. The topological polar surface area (TPSA) is 231 Å². The Kier molecular flexibility index (Phi) is 84.6. The molecule has 0 radical (unpaired) electrons. The van der Waals surface area contributed by atoms with Gasteiger partial charge >= 0.3 is 33.6 Å². The zero-order chi connectivity index (χ0) is 82.2. The fourth-order valence-electron chi connectivity index (χ4n) is 13.0. The fourth-order valence-corrected chi connectivity index (χ4v) is 14.6. The van der Waals surface area contributed by atoms with E-state index in [1.807, 2.05) is 0 Å². The number of hydrogen-bond acceptors (Lipinski definition) is 14. The van der Waals surface area contributed by atoms with Gasteiger partial charge in [0, 0.05) is 19.3 Å². The largest absolute Gasteiger partial charge is 0.472 e. The van der Waals surface area contributed by atoms with Crippen LogP contribution in [0.4, 0.5) is 0 Å². The first-order valence-corrected chi connectivity index (χ1v) is 49.2. The normalized spacial score (nSPS) is 14.3. The molecule has 0 spiro atoms. The maximum atomic E-state index is 13.0. The molecule has 0 aliphatic heterocycles. The summed E-state index contributed by atoms with van der Waals surface area (Å²) in [5, 5.41) is 20.7. The third-order valence-corrected chi connectivity index (χ3v) is 21.9. The molecule has 656 valence electrons. The van der Waals surface area contributed by atoms with Gasteiger partial charge < -0.3 is 34.2 Å². The molecule has 0 saturated carbocycles. The summed E-state index contributed by atoms with van der Waals surface area (Å²) in [6, 6.07) is 0. The van der Waals surface area contributed by atoms with E-state index in [2.05, 4.69) is 130 Å². The lowest BCUT2D eigenvalue weighted by atomic mass is 10.0. The van der Waals surface area contributed by atoms with E-state index >= 15 is 0 Å². The number of ether oxygens (including phenoxy) is 3. The molecular weight excluding hydrogens is 1460 g/mol. The molecule has 0 aliphatic carbocycles. The van der Waals surface area contributed by atoms with Crippen LogP contribution < -0.4 is 0 Å². The molecule has 0 aliphatic rings. The molecule has 16 nitrogen and oxygen atoms in total. The van der Waals surface area contributed by atoms with Crippen LogP contribution in [0.2, 0.25) is 0 Å². The smallest absolute Gasteiger partial charge is 0.463 e. The number of carbonyl (C=O) groups is 3. The van der Waals surface area contributed by atoms with Crippen molar-refractivity contribution < 1.29 is 75.8 Å². The molecule has 18 heteroatoms. The Morgan fingerprint density at radius 3 is 0.761 bits per heavy atom. The van der Waals surface area contributed by atoms with Crippen LogP contribution in [0.5, 0.6) is 0 Å². The standard InChI is InChI=1S/C95H170O16P2/c1-4-7-10-13-16-19-22-25-27-29-31-33-35-37-39-41-42-43-44-45-46-48-50-51-53-55-57-59-61-64-66-69-72-75-78-81-93(98)105-84-90(96)85-107-112(101,102)108-86-91(97)87-109-113(103,104)110-89-92(111-95(100)83-80-77-74-71-68-63-24-21-18-15-12-9-6-3)88-106-94(99)82-79-76-73-70-67-65-62-60-58-56-54-52-49-47-40-38-36-34-32-30-28-26-23-20-17-14-11-8-5-2/h8,11,16-17,19-20,25-28,31-34,37-40,90-92,96-97H,4-7,9-10,12-15,18,21-24,29-30,35-36,41-89H2,1-3H3,(H,101,102)(H,103,104)/b11-8-,19-16-,20-17-,27-25-,28-26-,33-31-,34-32-,39-37-,40-38-. The molecule has 0 aromatic rings. The number of allylic oxidation sites excluding steroid dienone is 18. The van der Waals surface area contributed by atoms with Crippen molar-refractivity contribution in [3.8, 4) is 0 Å².